The quantitative estimate of drug-likeness (QED) is 0.918. The number of nitrogens with one attached hydrogen (secondary N) is 1. The zero-order valence-electron chi connectivity index (χ0n) is 11.8. The molecule has 0 aliphatic heterocycles. The van der Waals surface area contributed by atoms with Gasteiger partial charge in [-0.25, -0.2) is 9.78 Å². The minimum atomic E-state index is -0.165. The zero-order valence-corrected chi connectivity index (χ0v) is 13.4. The van der Waals surface area contributed by atoms with E-state index in [0.29, 0.717) is 23.9 Å². The van der Waals surface area contributed by atoms with Crippen molar-refractivity contribution >= 4 is 29.0 Å². The number of hydrogen-bond donors (Lipinski definition) is 1. The Morgan fingerprint density at radius 1 is 1.52 bits per heavy atom. The number of nitrogens with zero attached hydrogens (tertiary/aromatic N) is 2. The van der Waals surface area contributed by atoms with Crippen molar-refractivity contribution in [2.24, 2.45) is 0 Å². The average Bonchev–Trinajstić information content (AvgIpc) is 2.98. The van der Waals surface area contributed by atoms with E-state index in [1.54, 1.807) is 37.4 Å². The molecule has 2 aromatic rings. The Bertz CT molecular complexity index is 604. The van der Waals surface area contributed by atoms with Gasteiger partial charge in [0.2, 0.25) is 0 Å². The maximum Gasteiger partial charge on any atom is 0.317 e. The maximum atomic E-state index is 12.0. The lowest BCUT2D eigenvalue weighted by Gasteiger charge is -2.17. The summed E-state index contributed by atoms with van der Waals surface area (Å²) in [6, 6.07) is 5.16. The van der Waals surface area contributed by atoms with Gasteiger partial charge in [0.1, 0.15) is 10.8 Å². The lowest BCUT2D eigenvalue weighted by Crippen LogP contribution is -2.36. The van der Waals surface area contributed by atoms with Crippen LogP contribution in [0.25, 0.3) is 0 Å². The SMILES string of the molecule is COc1cc(Cl)ccc1CNC(=O)N(C)Cc1nccs1. The lowest BCUT2D eigenvalue weighted by atomic mass is 10.2. The number of carbonyl (C=O) groups is 1. The number of carbonyl (C=O) groups excluding carboxylic acids is 1. The Morgan fingerprint density at radius 2 is 2.33 bits per heavy atom. The van der Waals surface area contributed by atoms with Gasteiger partial charge in [0.05, 0.1) is 13.7 Å². The predicted octanol–water partition coefficient (Wildman–Crippen LogP) is 3.15. The minimum absolute atomic E-state index is 0.165. The van der Waals surface area contributed by atoms with Crippen LogP contribution >= 0.6 is 22.9 Å². The molecule has 0 fully saturated rings. The summed E-state index contributed by atoms with van der Waals surface area (Å²) in [6.07, 6.45) is 1.73. The Hall–Kier alpha value is -1.79. The van der Waals surface area contributed by atoms with Gasteiger partial charge in [-0.2, -0.15) is 0 Å². The van der Waals surface area contributed by atoms with Crippen LogP contribution < -0.4 is 10.1 Å². The molecule has 0 saturated heterocycles. The van der Waals surface area contributed by atoms with Crippen molar-refractivity contribution in [1.82, 2.24) is 15.2 Å². The van der Waals surface area contributed by atoms with Crippen molar-refractivity contribution in [1.29, 1.82) is 0 Å². The zero-order chi connectivity index (χ0) is 15.2. The Labute approximate surface area is 132 Å². The first-order valence-electron chi connectivity index (χ1n) is 6.30. The summed E-state index contributed by atoms with van der Waals surface area (Å²) in [4.78, 5) is 17.8. The molecular formula is C14H16ClN3O2S. The van der Waals surface area contributed by atoms with Crippen LogP contribution in [-0.2, 0) is 13.1 Å². The molecule has 0 atom stereocenters. The molecule has 0 unspecified atom stereocenters. The number of thiazole rings is 1. The summed E-state index contributed by atoms with van der Waals surface area (Å²) >= 11 is 7.43. The fraction of sp³-hybridized carbons (Fsp3) is 0.286. The molecular weight excluding hydrogens is 310 g/mol. The van der Waals surface area contributed by atoms with Crippen LogP contribution in [0.1, 0.15) is 10.6 Å². The summed E-state index contributed by atoms with van der Waals surface area (Å²) in [6.45, 7) is 0.864. The highest BCUT2D eigenvalue weighted by molar-refractivity contribution is 7.09. The van der Waals surface area contributed by atoms with E-state index in [2.05, 4.69) is 10.3 Å². The molecule has 1 N–H and O–H groups in total. The molecule has 21 heavy (non-hydrogen) atoms. The van der Waals surface area contributed by atoms with E-state index in [1.165, 1.54) is 11.3 Å². The summed E-state index contributed by atoms with van der Waals surface area (Å²) in [5.74, 6) is 0.658. The molecule has 0 bridgehead atoms. The second-order valence-corrected chi connectivity index (χ2v) is 5.81. The van der Waals surface area contributed by atoms with Crippen LogP contribution in [0.3, 0.4) is 0 Å². The van der Waals surface area contributed by atoms with Crippen LogP contribution in [0, 0.1) is 0 Å². The summed E-state index contributed by atoms with van der Waals surface area (Å²) in [5, 5.41) is 6.23. The molecule has 7 heteroatoms. The van der Waals surface area contributed by atoms with Crippen LogP contribution in [0.4, 0.5) is 4.79 Å². The summed E-state index contributed by atoms with van der Waals surface area (Å²) < 4.78 is 5.25. The second-order valence-electron chi connectivity index (χ2n) is 4.40. The normalized spacial score (nSPS) is 10.2. The highest BCUT2D eigenvalue weighted by Gasteiger charge is 2.11. The van der Waals surface area contributed by atoms with Gasteiger partial charge in [0.25, 0.3) is 0 Å². The van der Waals surface area contributed by atoms with E-state index in [0.717, 1.165) is 10.6 Å². The Balaban J connectivity index is 1.91. The predicted molar refractivity (Wildman–Crippen MR) is 83.8 cm³/mol. The fourth-order valence-corrected chi connectivity index (χ4v) is 2.61. The van der Waals surface area contributed by atoms with E-state index in [-0.39, 0.29) is 6.03 Å². The Kier molecular flexibility index (Phi) is 5.41. The smallest absolute Gasteiger partial charge is 0.317 e. The van der Waals surface area contributed by atoms with Crippen molar-refractivity contribution < 1.29 is 9.53 Å². The van der Waals surface area contributed by atoms with Crippen molar-refractivity contribution in [3.63, 3.8) is 0 Å². The van der Waals surface area contributed by atoms with Gasteiger partial charge in [-0.1, -0.05) is 17.7 Å². The first-order valence-corrected chi connectivity index (χ1v) is 7.55. The molecule has 0 radical (unpaired) electrons. The van der Waals surface area contributed by atoms with Gasteiger partial charge in [-0.05, 0) is 12.1 Å². The highest BCUT2D eigenvalue weighted by atomic mass is 35.5. The van der Waals surface area contributed by atoms with Crippen molar-refractivity contribution in [3.05, 3.63) is 45.4 Å². The third kappa shape index (κ3) is 4.34. The van der Waals surface area contributed by atoms with E-state index in [1.807, 2.05) is 11.4 Å². The second kappa shape index (κ2) is 7.28. The van der Waals surface area contributed by atoms with E-state index < -0.39 is 0 Å². The minimum Gasteiger partial charge on any atom is -0.496 e. The molecule has 0 saturated carbocycles. The van der Waals surface area contributed by atoms with Gasteiger partial charge < -0.3 is 15.0 Å². The third-order valence-electron chi connectivity index (χ3n) is 2.88. The monoisotopic (exact) mass is 325 g/mol. The van der Waals surface area contributed by atoms with Gasteiger partial charge in [0.15, 0.2) is 0 Å². The molecule has 0 aliphatic rings. The number of halogens is 1. The van der Waals surface area contributed by atoms with Crippen molar-refractivity contribution in [2.45, 2.75) is 13.1 Å². The number of benzene rings is 1. The van der Waals surface area contributed by atoms with Crippen LogP contribution in [0.15, 0.2) is 29.8 Å². The molecule has 0 aliphatic carbocycles. The van der Waals surface area contributed by atoms with E-state index in [9.17, 15) is 4.79 Å². The first-order chi connectivity index (χ1) is 10.1. The topological polar surface area (TPSA) is 54.5 Å². The molecule has 1 heterocycles. The number of amides is 2. The standard InChI is InChI=1S/C14H16ClN3O2S/c1-18(9-13-16-5-6-21-13)14(19)17-8-10-3-4-11(15)7-12(10)20-2/h3-7H,8-9H2,1-2H3,(H,17,19). The first kappa shape index (κ1) is 15.6. The average molecular weight is 326 g/mol. The molecule has 1 aromatic heterocycles. The largest absolute Gasteiger partial charge is 0.496 e. The number of aromatic nitrogens is 1. The number of hydrogen-bond acceptors (Lipinski definition) is 4. The van der Waals surface area contributed by atoms with Gasteiger partial charge in [-0.3, -0.25) is 0 Å². The van der Waals surface area contributed by atoms with Gasteiger partial charge in [0, 0.05) is 35.8 Å². The third-order valence-corrected chi connectivity index (χ3v) is 3.88. The van der Waals surface area contributed by atoms with Crippen LogP contribution in [-0.4, -0.2) is 30.1 Å². The molecule has 5 nitrogen and oxygen atoms in total. The van der Waals surface area contributed by atoms with Gasteiger partial charge in [-0.15, -0.1) is 11.3 Å². The van der Waals surface area contributed by atoms with Crippen molar-refractivity contribution in [2.75, 3.05) is 14.2 Å². The summed E-state index contributed by atoms with van der Waals surface area (Å²) in [7, 11) is 3.31. The molecule has 2 amide bonds. The van der Waals surface area contributed by atoms with E-state index >= 15 is 0 Å². The highest BCUT2D eigenvalue weighted by Crippen LogP contribution is 2.22. The number of rotatable bonds is 5. The van der Waals surface area contributed by atoms with E-state index in [4.69, 9.17) is 16.3 Å². The fourth-order valence-electron chi connectivity index (χ4n) is 1.78. The molecule has 2 rings (SSSR count). The van der Waals surface area contributed by atoms with Gasteiger partial charge >= 0.3 is 6.03 Å². The number of methoxy groups -OCH3 is 1. The van der Waals surface area contributed by atoms with Crippen LogP contribution in [0.5, 0.6) is 5.75 Å². The summed E-state index contributed by atoms with van der Waals surface area (Å²) in [5.41, 5.74) is 0.873. The molecule has 112 valence electrons. The van der Waals surface area contributed by atoms with Crippen LogP contribution in [0.2, 0.25) is 5.02 Å². The molecule has 1 aromatic carbocycles. The van der Waals surface area contributed by atoms with Crippen molar-refractivity contribution in [3.8, 4) is 5.75 Å². The maximum absolute atomic E-state index is 12.0. The number of urea groups is 1. The lowest BCUT2D eigenvalue weighted by molar-refractivity contribution is 0.206. The Morgan fingerprint density at radius 3 is 3.00 bits per heavy atom. The molecule has 0 spiro atoms. The number of ether oxygens (including phenoxy) is 1.